The Morgan fingerprint density at radius 2 is 1.62 bits per heavy atom. The van der Waals surface area contributed by atoms with Gasteiger partial charge in [-0.1, -0.05) is 75.2 Å². The SMILES string of the molecule is [2H]c1c([2H])c([2H])c(-c2cnc(N3CCCc4c3[c-]c(Oc3[c-]c5c(cc3)CCCN5c3cc(C)ccn3)cc4[N+]#[C-])cc2C(C)(C)C)c([2H])c1[2H].[Pt+2]. The zero-order valence-electron chi connectivity index (χ0n) is 31.8. The molecule has 238 valence electrons. The molecule has 3 aromatic carbocycles. The second kappa shape index (κ2) is 13.3. The molecule has 0 spiro atoms. The molecule has 0 saturated carbocycles. The third-order valence-electron chi connectivity index (χ3n) is 8.52. The molecule has 0 fully saturated rings. The van der Waals surface area contributed by atoms with Crippen LogP contribution < -0.4 is 14.5 Å². The Morgan fingerprint density at radius 3 is 2.36 bits per heavy atom. The van der Waals surface area contributed by atoms with Crippen LogP contribution in [0.4, 0.5) is 28.7 Å². The maximum absolute atomic E-state index is 8.63. The number of rotatable bonds is 5. The molecule has 0 amide bonds. The van der Waals surface area contributed by atoms with Crippen LogP contribution in [0.5, 0.6) is 11.5 Å². The van der Waals surface area contributed by atoms with Crippen LogP contribution in [0.2, 0.25) is 0 Å². The number of nitrogens with zero attached hydrogens (tertiary/aromatic N) is 5. The van der Waals surface area contributed by atoms with Gasteiger partial charge in [-0.15, -0.1) is 35.4 Å². The van der Waals surface area contributed by atoms with E-state index in [9.17, 15) is 0 Å². The summed E-state index contributed by atoms with van der Waals surface area (Å²) in [5.41, 5.74) is 6.22. The largest absolute Gasteiger partial charge is 2.00 e. The van der Waals surface area contributed by atoms with Crippen LogP contribution in [-0.2, 0) is 39.3 Å². The summed E-state index contributed by atoms with van der Waals surface area (Å²) in [4.78, 5) is 17.5. The summed E-state index contributed by atoms with van der Waals surface area (Å²) in [5, 5.41) is 0. The topological polar surface area (TPSA) is 45.9 Å². The van der Waals surface area contributed by atoms with E-state index in [4.69, 9.17) is 23.1 Å². The maximum atomic E-state index is 8.63. The average Bonchev–Trinajstić information content (AvgIpc) is 3.12. The Hall–Kier alpha value is -4.46. The Labute approximate surface area is 299 Å². The smallest absolute Gasteiger partial charge is 0.510 e. The van der Waals surface area contributed by atoms with Crippen molar-refractivity contribution in [3.8, 4) is 22.6 Å². The molecular weight excluding hydrogens is 762 g/mol. The van der Waals surface area contributed by atoms with Gasteiger partial charge in [0.2, 0.25) is 0 Å². The van der Waals surface area contributed by atoms with Crippen molar-refractivity contribution in [2.24, 2.45) is 0 Å². The van der Waals surface area contributed by atoms with Gasteiger partial charge in [-0.2, -0.15) is 6.07 Å². The monoisotopic (exact) mass is 803 g/mol. The molecule has 2 aliphatic rings. The molecule has 4 heterocycles. The Balaban J connectivity index is 0.00000464. The molecule has 2 aromatic heterocycles. The number of anilines is 4. The fraction of sp³-hybridized carbons (Fsp3) is 0.275. The van der Waals surface area contributed by atoms with Gasteiger partial charge in [0.25, 0.3) is 0 Å². The first-order valence-corrected chi connectivity index (χ1v) is 15.6. The molecule has 7 heteroatoms. The van der Waals surface area contributed by atoms with Crippen molar-refractivity contribution in [3.05, 3.63) is 125 Å². The first-order valence-electron chi connectivity index (χ1n) is 18.1. The van der Waals surface area contributed by atoms with Crippen LogP contribution in [0.1, 0.15) is 62.7 Å². The van der Waals surface area contributed by atoms with E-state index in [1.165, 1.54) is 5.56 Å². The summed E-state index contributed by atoms with van der Waals surface area (Å²) < 4.78 is 48.2. The second-order valence-corrected chi connectivity index (χ2v) is 12.8. The standard InChI is InChI=1S/C40H37N5O.Pt/c1-27-17-18-42-38(21-27)44-19-9-13-29-15-16-30(23-36(29)44)46-31-22-35(41-5)32-14-10-20-45(37(32)24-31)39-25-34(40(2,3)4)33(26-43-39)28-11-7-6-8-12-28;/h6-8,11-12,15-18,21-22,25-26H,9-10,13-14,19-20H2,1-4H3;/q-2;+2/i6D,7D,8D,11D,12D;. The Morgan fingerprint density at radius 1 is 0.894 bits per heavy atom. The molecular formula is C40H37N5OPt. The van der Waals surface area contributed by atoms with E-state index < -0.39 is 11.5 Å². The summed E-state index contributed by atoms with van der Waals surface area (Å²) >= 11 is 0. The van der Waals surface area contributed by atoms with Gasteiger partial charge in [0, 0.05) is 42.5 Å². The van der Waals surface area contributed by atoms with Crippen molar-refractivity contribution in [1.29, 1.82) is 0 Å². The van der Waals surface area contributed by atoms with Crippen molar-refractivity contribution >= 4 is 28.7 Å². The molecule has 0 radical (unpaired) electrons. The molecule has 5 aromatic rings. The van der Waals surface area contributed by atoms with Crippen LogP contribution in [0.25, 0.3) is 16.0 Å². The molecule has 0 atom stereocenters. The minimum absolute atomic E-state index is 0. The maximum Gasteiger partial charge on any atom is 2.00 e. The van der Waals surface area contributed by atoms with Gasteiger partial charge in [-0.3, -0.25) is 4.85 Å². The van der Waals surface area contributed by atoms with Crippen LogP contribution >= 0.6 is 0 Å². The van der Waals surface area contributed by atoms with Crippen molar-refractivity contribution < 1.29 is 32.7 Å². The molecule has 47 heavy (non-hydrogen) atoms. The van der Waals surface area contributed by atoms with E-state index >= 15 is 0 Å². The van der Waals surface area contributed by atoms with Gasteiger partial charge in [-0.25, -0.2) is 9.97 Å². The normalized spacial score (nSPS) is 15.5. The molecule has 0 bridgehead atoms. The summed E-state index contributed by atoms with van der Waals surface area (Å²) in [6, 6.07) is 16.9. The van der Waals surface area contributed by atoms with Gasteiger partial charge in [0.15, 0.2) is 0 Å². The molecule has 0 N–H and O–H groups in total. The molecule has 6 nitrogen and oxygen atoms in total. The average molecular weight is 804 g/mol. The summed E-state index contributed by atoms with van der Waals surface area (Å²) in [6.45, 7) is 17.6. The number of aryl methyl sites for hydroxylation is 2. The van der Waals surface area contributed by atoms with Gasteiger partial charge >= 0.3 is 21.1 Å². The van der Waals surface area contributed by atoms with Crippen LogP contribution in [0, 0.1) is 25.6 Å². The number of hydrogen-bond acceptors (Lipinski definition) is 5. The third kappa shape index (κ3) is 6.55. The summed E-state index contributed by atoms with van der Waals surface area (Å²) in [5.74, 6) is 2.39. The predicted molar refractivity (Wildman–Crippen MR) is 185 cm³/mol. The number of pyridine rings is 2. The van der Waals surface area contributed by atoms with E-state index in [1.807, 2.05) is 50.1 Å². The summed E-state index contributed by atoms with van der Waals surface area (Å²) in [7, 11) is 0. The Bertz CT molecular complexity index is 2220. The zero-order chi connectivity index (χ0) is 36.2. The molecule has 0 unspecified atom stereocenters. The van der Waals surface area contributed by atoms with E-state index in [1.54, 1.807) is 12.3 Å². The van der Waals surface area contributed by atoms with Crippen molar-refractivity contribution in [1.82, 2.24) is 9.97 Å². The second-order valence-electron chi connectivity index (χ2n) is 12.8. The molecule has 0 saturated heterocycles. The van der Waals surface area contributed by atoms with E-state index in [0.29, 0.717) is 47.2 Å². The number of fused-ring (bicyclic) bond motifs is 2. The van der Waals surface area contributed by atoms with Gasteiger partial charge in [0.05, 0.1) is 19.1 Å². The van der Waals surface area contributed by atoms with E-state index in [0.717, 1.165) is 54.0 Å². The first-order chi connectivity index (χ1) is 24.3. The number of benzene rings is 3. The van der Waals surface area contributed by atoms with E-state index in [2.05, 4.69) is 45.9 Å². The number of hydrogen-bond donors (Lipinski definition) is 0. The van der Waals surface area contributed by atoms with Crippen molar-refractivity contribution in [3.63, 3.8) is 0 Å². The zero-order valence-corrected chi connectivity index (χ0v) is 29.1. The quantitative estimate of drug-likeness (QED) is 0.166. The van der Waals surface area contributed by atoms with Crippen LogP contribution in [0.3, 0.4) is 0 Å². The fourth-order valence-electron chi connectivity index (χ4n) is 6.29. The molecule has 7 rings (SSSR count). The minimum Gasteiger partial charge on any atom is -0.510 e. The van der Waals surface area contributed by atoms with Crippen molar-refractivity contribution in [2.45, 2.75) is 58.8 Å². The number of aromatic nitrogens is 2. The third-order valence-corrected chi connectivity index (χ3v) is 8.52. The molecule has 2 aliphatic heterocycles. The summed E-state index contributed by atoms with van der Waals surface area (Å²) in [6.07, 6.45) is 6.87. The van der Waals surface area contributed by atoms with Crippen LogP contribution in [-0.4, -0.2) is 23.1 Å². The minimum atomic E-state index is -0.463. The van der Waals surface area contributed by atoms with Crippen LogP contribution in [0.15, 0.2) is 79.0 Å². The first kappa shape index (κ1) is 26.6. The fourth-order valence-corrected chi connectivity index (χ4v) is 6.29. The van der Waals surface area contributed by atoms with Gasteiger partial charge < -0.3 is 14.5 Å². The van der Waals surface area contributed by atoms with Crippen molar-refractivity contribution in [2.75, 3.05) is 22.9 Å². The molecule has 0 aliphatic carbocycles. The predicted octanol–water partition coefficient (Wildman–Crippen LogP) is 9.86. The van der Waals surface area contributed by atoms with Gasteiger partial charge in [-0.05, 0) is 60.1 Å². The Kier molecular flexibility index (Phi) is 7.55. The number of ether oxygens (including phenoxy) is 1. The van der Waals surface area contributed by atoms with E-state index in [-0.39, 0.29) is 50.8 Å². The van der Waals surface area contributed by atoms with Gasteiger partial charge in [0.1, 0.15) is 11.6 Å².